The Bertz CT molecular complexity index is 1530. The maximum atomic E-state index is 11.7. The predicted molar refractivity (Wildman–Crippen MR) is 113 cm³/mol. The summed E-state index contributed by atoms with van der Waals surface area (Å²) in [7, 11) is -8.93. The summed E-state index contributed by atoms with van der Waals surface area (Å²) in [5.41, 5.74) is -0.254. The van der Waals surface area contributed by atoms with E-state index >= 15 is 0 Å². The van der Waals surface area contributed by atoms with E-state index in [0.29, 0.717) is 10.4 Å². The van der Waals surface area contributed by atoms with Crippen LogP contribution in [0.15, 0.2) is 62.6 Å². The third-order valence-electron chi connectivity index (χ3n) is 4.32. The minimum Gasteiger partial charge on any atom is -0.504 e. The van der Waals surface area contributed by atoms with Gasteiger partial charge < -0.3 is 5.11 Å². The highest BCUT2D eigenvalue weighted by atomic mass is 32.2. The van der Waals surface area contributed by atoms with Gasteiger partial charge in [-0.2, -0.15) is 27.1 Å². The monoisotopic (exact) mass is 463 g/mol. The lowest BCUT2D eigenvalue weighted by Gasteiger charge is -2.07. The number of phenols is 1. The fraction of sp³-hybridized carbons (Fsp3) is 0.105. The van der Waals surface area contributed by atoms with Crippen LogP contribution in [0.5, 0.6) is 5.75 Å². The van der Waals surface area contributed by atoms with E-state index < -0.39 is 30.9 Å². The Hall–Kier alpha value is -3.19. The first-order valence-corrected chi connectivity index (χ1v) is 11.6. The normalized spacial score (nSPS) is 14.0. The van der Waals surface area contributed by atoms with Gasteiger partial charge in [-0.1, -0.05) is 18.2 Å². The summed E-state index contributed by atoms with van der Waals surface area (Å²) < 4.78 is 64.5. The molecule has 3 rings (SSSR count). The first-order chi connectivity index (χ1) is 14.5. The van der Waals surface area contributed by atoms with Crippen molar-refractivity contribution in [1.29, 1.82) is 0 Å². The number of hydrogen-bond donors (Lipinski definition) is 3. The first-order valence-electron chi connectivity index (χ1n) is 8.72. The van der Waals surface area contributed by atoms with E-state index in [9.17, 15) is 26.5 Å². The first kappa shape index (κ1) is 22.5. The van der Waals surface area contributed by atoms with Crippen molar-refractivity contribution in [3.63, 3.8) is 0 Å². The molecule has 0 saturated heterocycles. The zero-order valence-corrected chi connectivity index (χ0v) is 17.7. The van der Waals surface area contributed by atoms with Gasteiger partial charge >= 0.3 is 0 Å². The van der Waals surface area contributed by atoms with E-state index in [4.69, 9.17) is 4.55 Å². The summed E-state index contributed by atoms with van der Waals surface area (Å²) in [5, 5.41) is 19.3. The van der Waals surface area contributed by atoms with Crippen molar-refractivity contribution < 1.29 is 31.0 Å². The van der Waals surface area contributed by atoms with Crippen molar-refractivity contribution in [2.24, 2.45) is 10.2 Å². The summed E-state index contributed by atoms with van der Waals surface area (Å²) in [6, 6.07) is 7.87. The number of azo groups is 1. The number of aromatic hydroxyl groups is 1. The molecule has 0 aliphatic rings. The second-order valence-corrected chi connectivity index (χ2v) is 9.11. The minimum atomic E-state index is -4.60. The third-order valence-corrected chi connectivity index (χ3v) is 6.07. The van der Waals surface area contributed by atoms with Gasteiger partial charge in [0, 0.05) is 11.6 Å². The molecule has 3 N–H and O–H groups in total. The Morgan fingerprint density at radius 1 is 1.03 bits per heavy atom. The Balaban J connectivity index is 2.00. The van der Waals surface area contributed by atoms with Gasteiger partial charge in [0.1, 0.15) is 16.1 Å². The largest absolute Gasteiger partial charge is 0.504 e. The molecular formula is C19H17N3O7S2. The average molecular weight is 463 g/mol. The summed E-state index contributed by atoms with van der Waals surface area (Å²) in [6.07, 6.45) is 4.62. The molecule has 2 aromatic carbocycles. The topological polar surface area (TPSA) is 167 Å². The molecule has 0 aliphatic carbocycles. The maximum absolute atomic E-state index is 11.7. The zero-order valence-electron chi connectivity index (χ0n) is 16.0. The van der Waals surface area contributed by atoms with Crippen molar-refractivity contribution in [1.82, 2.24) is 4.98 Å². The van der Waals surface area contributed by atoms with Gasteiger partial charge in [0.05, 0.1) is 11.4 Å². The Labute approximate surface area is 177 Å². The number of aromatic nitrogens is 1. The molecule has 0 bridgehead atoms. The fourth-order valence-corrected chi connectivity index (χ4v) is 4.10. The van der Waals surface area contributed by atoms with Gasteiger partial charge in [0.2, 0.25) is 0 Å². The highest BCUT2D eigenvalue weighted by molar-refractivity contribution is 7.86. The van der Waals surface area contributed by atoms with Crippen molar-refractivity contribution in [2.75, 3.05) is 6.54 Å². The molecule has 162 valence electrons. The highest BCUT2D eigenvalue weighted by Crippen LogP contribution is 2.37. The number of benzene rings is 2. The minimum absolute atomic E-state index is 0.00691. The van der Waals surface area contributed by atoms with Gasteiger partial charge in [0.15, 0.2) is 5.75 Å². The van der Waals surface area contributed by atoms with E-state index in [0.717, 1.165) is 6.07 Å². The molecular weight excluding hydrogens is 446 g/mol. The molecule has 0 saturated carbocycles. The van der Waals surface area contributed by atoms with Crippen LogP contribution in [-0.2, 0) is 20.2 Å². The van der Waals surface area contributed by atoms with E-state index in [-0.39, 0.29) is 28.0 Å². The molecule has 0 aliphatic heterocycles. The molecule has 1 aromatic heterocycles. The van der Waals surface area contributed by atoms with Crippen LogP contribution in [0.25, 0.3) is 23.1 Å². The lowest BCUT2D eigenvalue weighted by Crippen LogP contribution is -2.25. The molecule has 31 heavy (non-hydrogen) atoms. The van der Waals surface area contributed by atoms with Crippen molar-refractivity contribution >= 4 is 49.0 Å². The van der Waals surface area contributed by atoms with E-state index in [2.05, 4.69) is 15.2 Å². The Kier molecular flexibility index (Phi) is 6.18. The van der Waals surface area contributed by atoms with Crippen LogP contribution in [0.1, 0.15) is 6.92 Å². The molecule has 0 radical (unpaired) electrons. The quantitative estimate of drug-likeness (QED) is 0.380. The van der Waals surface area contributed by atoms with Gasteiger partial charge in [-0.15, -0.1) is 0 Å². The average Bonchev–Trinajstić information content (AvgIpc) is 2.71. The summed E-state index contributed by atoms with van der Waals surface area (Å²) in [4.78, 5) is 3.23. The maximum Gasteiger partial charge on any atom is 0.295 e. The van der Waals surface area contributed by atoms with E-state index in [1.54, 1.807) is 19.1 Å². The molecule has 0 unspecified atom stereocenters. The number of pyridine rings is 1. The van der Waals surface area contributed by atoms with Crippen LogP contribution in [0.3, 0.4) is 0 Å². The van der Waals surface area contributed by atoms with Crippen LogP contribution >= 0.6 is 0 Å². The number of phenolic OH excluding ortho intramolecular Hbond substituents is 1. The lowest BCUT2D eigenvalue weighted by atomic mass is 10.2. The van der Waals surface area contributed by atoms with Crippen LogP contribution in [0, 0.1) is 0 Å². The van der Waals surface area contributed by atoms with Gasteiger partial charge in [-0.3, -0.25) is 14.1 Å². The molecule has 0 fully saturated rings. The zero-order chi connectivity index (χ0) is 22.8. The van der Waals surface area contributed by atoms with Crippen molar-refractivity contribution in [2.45, 2.75) is 16.7 Å². The van der Waals surface area contributed by atoms with Crippen molar-refractivity contribution in [3.05, 3.63) is 53.0 Å². The van der Waals surface area contributed by atoms with Gasteiger partial charge in [-0.05, 0) is 47.7 Å². The summed E-state index contributed by atoms with van der Waals surface area (Å²) in [6.45, 7) is 1.70. The fourth-order valence-electron chi connectivity index (χ4n) is 2.88. The molecule has 3 aromatic rings. The lowest BCUT2D eigenvalue weighted by molar-refractivity contribution is 0.478. The van der Waals surface area contributed by atoms with E-state index in [1.165, 1.54) is 36.5 Å². The second kappa shape index (κ2) is 8.51. The highest BCUT2D eigenvalue weighted by Gasteiger charge is 2.20. The van der Waals surface area contributed by atoms with Gasteiger partial charge in [-0.25, -0.2) is 0 Å². The second-order valence-electron chi connectivity index (χ2n) is 6.30. The number of rotatable bonds is 5. The number of fused-ring (bicyclic) bond motifs is 1. The summed E-state index contributed by atoms with van der Waals surface area (Å²) in [5.74, 6) is -0.396. The molecule has 1 heterocycles. The Morgan fingerprint density at radius 2 is 1.77 bits per heavy atom. The molecule has 10 nitrogen and oxygen atoms in total. The molecule has 0 amide bonds. The van der Waals surface area contributed by atoms with Gasteiger partial charge in [0.25, 0.3) is 20.2 Å². The van der Waals surface area contributed by atoms with Crippen LogP contribution in [0.2, 0.25) is 0 Å². The predicted octanol–water partition coefficient (Wildman–Crippen LogP) is 1.80. The third kappa shape index (κ3) is 4.94. The Morgan fingerprint density at radius 3 is 2.42 bits per heavy atom. The SMILES string of the molecule is C/C=c1/cc(S(=O)(=O)O)cc/c1=C/CN=Nc1cc(S(=O)(=O)O)c2cccnc2c1O. The van der Waals surface area contributed by atoms with E-state index in [1.807, 2.05) is 0 Å². The van der Waals surface area contributed by atoms with Crippen LogP contribution in [-0.4, -0.2) is 42.6 Å². The molecule has 12 heteroatoms. The van der Waals surface area contributed by atoms with Crippen LogP contribution in [0.4, 0.5) is 5.69 Å². The summed E-state index contributed by atoms with van der Waals surface area (Å²) >= 11 is 0. The standard InChI is InChI=1S/C19H17N3O7S2/c1-2-12-10-14(30(24,25)26)6-5-13(12)7-9-21-22-16-11-17(31(27,28)29)15-4-3-8-20-18(15)19(16)23/h2-8,10-11,23H,9H2,1H3,(H,24,25,26)(H,27,28,29)/b12-2-,13-7-,22-21?. The number of nitrogens with zero attached hydrogens (tertiary/aromatic N) is 3. The molecule has 0 spiro atoms. The molecule has 0 atom stereocenters. The number of hydrogen-bond acceptors (Lipinski definition) is 8. The van der Waals surface area contributed by atoms with Crippen LogP contribution < -0.4 is 10.4 Å². The van der Waals surface area contributed by atoms with Crippen molar-refractivity contribution in [3.8, 4) is 5.75 Å². The smallest absolute Gasteiger partial charge is 0.295 e.